The molecule has 1 amide bonds. The molecule has 0 spiro atoms. The molecule has 0 saturated heterocycles. The number of anilines is 2. The van der Waals surface area contributed by atoms with Gasteiger partial charge in [-0.15, -0.1) is 11.3 Å². The number of amides is 1. The number of carbonyl (C=O) groups excluding carboxylic acids is 1. The van der Waals surface area contributed by atoms with Crippen molar-refractivity contribution >= 4 is 28.6 Å². The fourth-order valence-corrected chi connectivity index (χ4v) is 2.27. The molecule has 4 nitrogen and oxygen atoms in total. The van der Waals surface area contributed by atoms with Crippen LogP contribution in [0.5, 0.6) is 0 Å². The van der Waals surface area contributed by atoms with Crippen molar-refractivity contribution in [1.82, 2.24) is 4.98 Å². The first kappa shape index (κ1) is 14.3. The Morgan fingerprint density at radius 2 is 2.10 bits per heavy atom. The van der Waals surface area contributed by atoms with Crippen molar-refractivity contribution < 1.29 is 18.0 Å². The molecule has 0 aliphatic heterocycles. The van der Waals surface area contributed by atoms with Crippen molar-refractivity contribution in [3.05, 3.63) is 39.8 Å². The van der Waals surface area contributed by atoms with Gasteiger partial charge in [-0.2, -0.15) is 13.2 Å². The fraction of sp³-hybridized carbons (Fsp3) is 0.167. The normalized spacial score (nSPS) is 11.4. The molecule has 2 aromatic heterocycles. The summed E-state index contributed by atoms with van der Waals surface area (Å²) in [6.07, 6.45) is -3.54. The van der Waals surface area contributed by atoms with Crippen molar-refractivity contribution in [2.75, 3.05) is 11.1 Å². The highest BCUT2D eigenvalue weighted by Gasteiger charge is 2.32. The summed E-state index contributed by atoms with van der Waals surface area (Å²) in [5.74, 6) is -0.434. The summed E-state index contributed by atoms with van der Waals surface area (Å²) in [4.78, 5) is 16.3. The first-order chi connectivity index (χ1) is 9.27. The number of aryl methyl sites for hydroxylation is 1. The molecule has 20 heavy (non-hydrogen) atoms. The lowest BCUT2D eigenvalue weighted by Crippen LogP contribution is -2.12. The van der Waals surface area contributed by atoms with Crippen molar-refractivity contribution in [2.45, 2.75) is 13.1 Å². The second-order valence-corrected chi connectivity index (χ2v) is 5.26. The fourth-order valence-electron chi connectivity index (χ4n) is 1.44. The van der Waals surface area contributed by atoms with Gasteiger partial charge in [-0.3, -0.25) is 4.79 Å². The second-order valence-electron chi connectivity index (χ2n) is 4.01. The van der Waals surface area contributed by atoms with E-state index in [9.17, 15) is 18.0 Å². The Hall–Kier alpha value is -2.09. The number of aromatic nitrogens is 1. The summed E-state index contributed by atoms with van der Waals surface area (Å²) in [5.41, 5.74) is 5.32. The highest BCUT2D eigenvalue weighted by atomic mass is 32.1. The molecule has 0 fully saturated rings. The SMILES string of the molecule is Cc1sc(C(=O)Nc2ccc(C(F)(F)F)nc2)cc1N. The molecule has 0 atom stereocenters. The van der Waals surface area contributed by atoms with E-state index in [4.69, 9.17) is 5.73 Å². The summed E-state index contributed by atoms with van der Waals surface area (Å²) < 4.78 is 37.0. The van der Waals surface area contributed by atoms with E-state index in [0.717, 1.165) is 23.2 Å². The van der Waals surface area contributed by atoms with E-state index < -0.39 is 17.8 Å². The molecule has 3 N–H and O–H groups in total. The van der Waals surface area contributed by atoms with Gasteiger partial charge in [0.1, 0.15) is 5.69 Å². The molecule has 2 aromatic rings. The van der Waals surface area contributed by atoms with Gasteiger partial charge in [-0.05, 0) is 25.1 Å². The van der Waals surface area contributed by atoms with Gasteiger partial charge in [0.25, 0.3) is 5.91 Å². The number of halogens is 3. The number of hydrogen-bond donors (Lipinski definition) is 2. The van der Waals surface area contributed by atoms with E-state index >= 15 is 0 Å². The topological polar surface area (TPSA) is 68.0 Å². The molecular weight excluding hydrogens is 291 g/mol. The van der Waals surface area contributed by atoms with Crippen LogP contribution >= 0.6 is 11.3 Å². The Bertz CT molecular complexity index is 615. The minimum atomic E-state index is -4.50. The molecule has 2 rings (SSSR count). The van der Waals surface area contributed by atoms with Crippen LogP contribution in [0.25, 0.3) is 0 Å². The molecule has 8 heteroatoms. The van der Waals surface area contributed by atoms with E-state index in [-0.39, 0.29) is 5.69 Å². The van der Waals surface area contributed by atoms with Gasteiger partial charge in [-0.25, -0.2) is 4.98 Å². The van der Waals surface area contributed by atoms with E-state index in [2.05, 4.69) is 10.3 Å². The lowest BCUT2D eigenvalue weighted by Gasteiger charge is -2.07. The molecule has 2 heterocycles. The number of rotatable bonds is 2. The summed E-state index contributed by atoms with van der Waals surface area (Å²) in [6, 6.07) is 3.48. The Kier molecular flexibility index (Phi) is 3.67. The number of nitrogens with one attached hydrogen (secondary N) is 1. The standard InChI is InChI=1S/C12H10F3N3OS/c1-6-8(16)4-9(20-6)11(19)18-7-2-3-10(17-5-7)12(13,14)15/h2-5H,16H2,1H3,(H,18,19). The van der Waals surface area contributed by atoms with Gasteiger partial charge in [0.15, 0.2) is 0 Å². The largest absolute Gasteiger partial charge is 0.433 e. The average Bonchev–Trinajstić information content (AvgIpc) is 2.69. The third-order valence-corrected chi connectivity index (χ3v) is 3.56. The lowest BCUT2D eigenvalue weighted by molar-refractivity contribution is -0.141. The number of pyridine rings is 1. The highest BCUT2D eigenvalue weighted by Crippen LogP contribution is 2.28. The maximum absolute atomic E-state index is 12.3. The lowest BCUT2D eigenvalue weighted by atomic mass is 10.3. The maximum Gasteiger partial charge on any atom is 0.433 e. The summed E-state index contributed by atoms with van der Waals surface area (Å²) in [7, 11) is 0. The monoisotopic (exact) mass is 301 g/mol. The maximum atomic E-state index is 12.3. The number of carbonyl (C=O) groups is 1. The quantitative estimate of drug-likeness (QED) is 0.894. The first-order valence-corrected chi connectivity index (χ1v) is 6.29. The van der Waals surface area contributed by atoms with E-state index in [0.29, 0.717) is 10.6 Å². The number of hydrogen-bond acceptors (Lipinski definition) is 4. The van der Waals surface area contributed by atoms with E-state index in [1.807, 2.05) is 0 Å². The Balaban J connectivity index is 2.12. The third kappa shape index (κ3) is 3.08. The zero-order chi connectivity index (χ0) is 14.9. The minimum Gasteiger partial charge on any atom is -0.398 e. The number of nitrogens with two attached hydrogens (primary N) is 1. The van der Waals surface area contributed by atoms with E-state index in [1.165, 1.54) is 17.4 Å². The van der Waals surface area contributed by atoms with Crippen LogP contribution in [-0.2, 0) is 6.18 Å². The van der Waals surface area contributed by atoms with Crippen LogP contribution in [0, 0.1) is 6.92 Å². The van der Waals surface area contributed by atoms with Crippen LogP contribution in [0.1, 0.15) is 20.2 Å². The summed E-state index contributed by atoms with van der Waals surface area (Å²) in [5, 5.41) is 2.46. The van der Waals surface area contributed by atoms with Gasteiger partial charge in [-0.1, -0.05) is 0 Å². The zero-order valence-corrected chi connectivity index (χ0v) is 11.1. The average molecular weight is 301 g/mol. The van der Waals surface area contributed by atoms with E-state index in [1.54, 1.807) is 6.92 Å². The van der Waals surface area contributed by atoms with Crippen LogP contribution < -0.4 is 11.1 Å². The van der Waals surface area contributed by atoms with Gasteiger partial charge in [0.05, 0.1) is 16.8 Å². The van der Waals surface area contributed by atoms with Crippen LogP contribution in [0.2, 0.25) is 0 Å². The number of alkyl halides is 3. The highest BCUT2D eigenvalue weighted by molar-refractivity contribution is 7.14. The first-order valence-electron chi connectivity index (χ1n) is 5.48. The molecule has 0 bridgehead atoms. The van der Waals surface area contributed by atoms with Gasteiger partial charge < -0.3 is 11.1 Å². The predicted molar refractivity (Wildman–Crippen MR) is 70.7 cm³/mol. The molecule has 0 aromatic carbocycles. The third-order valence-electron chi connectivity index (χ3n) is 2.49. The predicted octanol–water partition coefficient (Wildman–Crippen LogP) is 3.30. The molecule has 0 aliphatic rings. The molecular formula is C12H10F3N3OS. The Morgan fingerprint density at radius 3 is 2.55 bits per heavy atom. The second kappa shape index (κ2) is 5.12. The smallest absolute Gasteiger partial charge is 0.398 e. The van der Waals surface area contributed by atoms with Crippen LogP contribution in [0.3, 0.4) is 0 Å². The van der Waals surface area contributed by atoms with Crippen molar-refractivity contribution in [1.29, 1.82) is 0 Å². The van der Waals surface area contributed by atoms with Gasteiger partial charge >= 0.3 is 6.18 Å². The van der Waals surface area contributed by atoms with Crippen molar-refractivity contribution in [3.8, 4) is 0 Å². The summed E-state index contributed by atoms with van der Waals surface area (Å²) >= 11 is 1.21. The molecule has 0 unspecified atom stereocenters. The van der Waals surface area contributed by atoms with Crippen LogP contribution in [0.15, 0.2) is 24.4 Å². The Labute approximate surface area is 116 Å². The molecule has 106 valence electrons. The minimum absolute atomic E-state index is 0.188. The number of thiophene rings is 1. The van der Waals surface area contributed by atoms with Crippen LogP contribution in [-0.4, -0.2) is 10.9 Å². The van der Waals surface area contributed by atoms with Gasteiger partial charge in [0.2, 0.25) is 0 Å². The van der Waals surface area contributed by atoms with Crippen molar-refractivity contribution in [2.24, 2.45) is 0 Å². The molecule has 0 aliphatic carbocycles. The van der Waals surface area contributed by atoms with Crippen molar-refractivity contribution in [3.63, 3.8) is 0 Å². The van der Waals surface area contributed by atoms with Gasteiger partial charge in [0, 0.05) is 10.6 Å². The Morgan fingerprint density at radius 1 is 1.40 bits per heavy atom. The van der Waals surface area contributed by atoms with Crippen LogP contribution in [0.4, 0.5) is 24.5 Å². The molecule has 0 saturated carbocycles. The number of nitrogens with zero attached hydrogens (tertiary/aromatic N) is 1. The summed E-state index contributed by atoms with van der Waals surface area (Å²) in [6.45, 7) is 1.77. The number of nitrogen functional groups attached to an aromatic ring is 1. The molecule has 0 radical (unpaired) electrons. The zero-order valence-electron chi connectivity index (χ0n) is 10.3.